The minimum Gasteiger partial charge on any atom is -0.473 e. The van der Waals surface area contributed by atoms with Crippen LogP contribution in [0.15, 0.2) is 34.8 Å². The van der Waals surface area contributed by atoms with E-state index in [1.54, 1.807) is 12.1 Å². The summed E-state index contributed by atoms with van der Waals surface area (Å²) in [5, 5.41) is 0. The van der Waals surface area contributed by atoms with Crippen molar-refractivity contribution in [1.29, 1.82) is 0 Å². The number of nitrogens with two attached hydrogens (primary N) is 1. The lowest BCUT2D eigenvalue weighted by atomic mass is 10.2. The first kappa shape index (κ1) is 14.7. The maximum Gasteiger partial charge on any atom is 0.240 e. The van der Waals surface area contributed by atoms with Gasteiger partial charge in [0.05, 0.1) is 11.8 Å². The Balaban J connectivity index is 2.27. The smallest absolute Gasteiger partial charge is 0.240 e. The van der Waals surface area contributed by atoms with E-state index in [9.17, 15) is 0 Å². The minimum atomic E-state index is 0.00709. The molecule has 0 unspecified atom stereocenters. The third-order valence-corrected chi connectivity index (χ3v) is 3.07. The number of halogens is 1. The molecule has 2 aromatic rings. The second kappa shape index (κ2) is 6.13. The zero-order valence-electron chi connectivity index (χ0n) is 11.7. The Morgan fingerprint density at radius 1 is 1.20 bits per heavy atom. The standard InChI is InChI=1S/C15H17BrN2O2/c1-9(2)19-15-12(17)6-7-14(18-15)20-13-8-11(16)5-4-10(13)3/h4-9H,17H2,1-3H3. The third kappa shape index (κ3) is 3.63. The summed E-state index contributed by atoms with van der Waals surface area (Å²) in [4.78, 5) is 4.29. The topological polar surface area (TPSA) is 57.4 Å². The van der Waals surface area contributed by atoms with Gasteiger partial charge >= 0.3 is 0 Å². The fourth-order valence-electron chi connectivity index (χ4n) is 1.61. The average molecular weight is 337 g/mol. The third-order valence-electron chi connectivity index (χ3n) is 2.58. The van der Waals surface area contributed by atoms with E-state index in [0.717, 1.165) is 15.8 Å². The van der Waals surface area contributed by atoms with Crippen molar-refractivity contribution in [2.24, 2.45) is 0 Å². The molecule has 1 aromatic heterocycles. The van der Waals surface area contributed by atoms with Crippen LogP contribution in [0.25, 0.3) is 0 Å². The summed E-state index contributed by atoms with van der Waals surface area (Å²) in [6.07, 6.45) is 0.00709. The Morgan fingerprint density at radius 2 is 1.95 bits per heavy atom. The molecule has 0 aliphatic heterocycles. The number of pyridine rings is 1. The molecule has 0 spiro atoms. The summed E-state index contributed by atoms with van der Waals surface area (Å²) in [7, 11) is 0. The van der Waals surface area contributed by atoms with Gasteiger partial charge in [0.2, 0.25) is 11.8 Å². The largest absolute Gasteiger partial charge is 0.473 e. The molecule has 2 rings (SSSR count). The highest BCUT2D eigenvalue weighted by Gasteiger charge is 2.09. The van der Waals surface area contributed by atoms with Crippen LogP contribution in [-0.2, 0) is 0 Å². The van der Waals surface area contributed by atoms with Crippen LogP contribution in [0.4, 0.5) is 5.69 Å². The van der Waals surface area contributed by atoms with Gasteiger partial charge in [-0.15, -0.1) is 0 Å². The monoisotopic (exact) mass is 336 g/mol. The number of anilines is 1. The molecule has 4 nitrogen and oxygen atoms in total. The van der Waals surface area contributed by atoms with Gasteiger partial charge in [0.25, 0.3) is 0 Å². The zero-order valence-corrected chi connectivity index (χ0v) is 13.3. The first-order chi connectivity index (χ1) is 9.45. The van der Waals surface area contributed by atoms with Gasteiger partial charge in [-0.2, -0.15) is 4.98 Å². The molecule has 0 saturated carbocycles. The van der Waals surface area contributed by atoms with Crippen molar-refractivity contribution in [2.75, 3.05) is 5.73 Å². The molecule has 1 aromatic carbocycles. The molecule has 0 aliphatic rings. The lowest BCUT2D eigenvalue weighted by Crippen LogP contribution is -2.09. The first-order valence-corrected chi connectivity index (χ1v) is 7.12. The fraction of sp³-hybridized carbons (Fsp3) is 0.267. The molecule has 1 heterocycles. The summed E-state index contributed by atoms with van der Waals surface area (Å²) in [5.41, 5.74) is 7.36. The minimum absolute atomic E-state index is 0.00709. The summed E-state index contributed by atoms with van der Waals surface area (Å²) in [6.45, 7) is 5.82. The fourth-order valence-corrected chi connectivity index (χ4v) is 1.95. The van der Waals surface area contributed by atoms with Gasteiger partial charge in [0, 0.05) is 10.5 Å². The second-order valence-electron chi connectivity index (χ2n) is 4.72. The van der Waals surface area contributed by atoms with Crippen molar-refractivity contribution in [3.8, 4) is 17.5 Å². The van der Waals surface area contributed by atoms with E-state index >= 15 is 0 Å². The molecule has 106 valence electrons. The van der Waals surface area contributed by atoms with Crippen LogP contribution in [0.1, 0.15) is 19.4 Å². The van der Waals surface area contributed by atoms with Crippen LogP contribution in [0.2, 0.25) is 0 Å². The Labute approximate surface area is 127 Å². The predicted molar refractivity (Wildman–Crippen MR) is 83.4 cm³/mol. The number of rotatable bonds is 4. The first-order valence-electron chi connectivity index (χ1n) is 6.33. The van der Waals surface area contributed by atoms with E-state index in [0.29, 0.717) is 17.4 Å². The molecule has 2 N–H and O–H groups in total. The Morgan fingerprint density at radius 3 is 2.65 bits per heavy atom. The molecule has 0 radical (unpaired) electrons. The maximum atomic E-state index is 5.83. The second-order valence-corrected chi connectivity index (χ2v) is 5.64. The highest BCUT2D eigenvalue weighted by Crippen LogP contribution is 2.30. The van der Waals surface area contributed by atoms with Crippen LogP contribution in [0, 0.1) is 6.92 Å². The quantitative estimate of drug-likeness (QED) is 0.903. The highest BCUT2D eigenvalue weighted by molar-refractivity contribution is 9.10. The highest BCUT2D eigenvalue weighted by atomic mass is 79.9. The van der Waals surface area contributed by atoms with E-state index in [-0.39, 0.29) is 6.10 Å². The Hall–Kier alpha value is -1.75. The van der Waals surface area contributed by atoms with Crippen molar-refractivity contribution in [3.63, 3.8) is 0 Å². The van der Waals surface area contributed by atoms with Crippen LogP contribution < -0.4 is 15.2 Å². The lowest BCUT2D eigenvalue weighted by molar-refractivity contribution is 0.232. The maximum absolute atomic E-state index is 5.83. The van der Waals surface area contributed by atoms with Crippen molar-refractivity contribution in [2.45, 2.75) is 26.9 Å². The molecular formula is C15H17BrN2O2. The van der Waals surface area contributed by atoms with Gasteiger partial charge in [0.1, 0.15) is 5.75 Å². The molecule has 0 amide bonds. The van der Waals surface area contributed by atoms with Crippen molar-refractivity contribution >= 4 is 21.6 Å². The van der Waals surface area contributed by atoms with Crippen molar-refractivity contribution in [3.05, 3.63) is 40.4 Å². The Kier molecular flexibility index (Phi) is 4.49. The van der Waals surface area contributed by atoms with Gasteiger partial charge in [-0.3, -0.25) is 0 Å². The number of aryl methyl sites for hydroxylation is 1. The predicted octanol–water partition coefficient (Wildman–Crippen LogP) is 4.31. The number of ether oxygens (including phenoxy) is 2. The number of benzene rings is 1. The van der Waals surface area contributed by atoms with Crippen LogP contribution >= 0.6 is 15.9 Å². The normalized spacial score (nSPS) is 10.7. The van der Waals surface area contributed by atoms with E-state index in [2.05, 4.69) is 20.9 Å². The molecule has 20 heavy (non-hydrogen) atoms. The number of hydrogen-bond acceptors (Lipinski definition) is 4. The van der Waals surface area contributed by atoms with E-state index in [1.165, 1.54) is 0 Å². The van der Waals surface area contributed by atoms with Crippen molar-refractivity contribution in [1.82, 2.24) is 4.98 Å². The number of hydrogen-bond donors (Lipinski definition) is 1. The lowest BCUT2D eigenvalue weighted by Gasteiger charge is -2.13. The van der Waals surface area contributed by atoms with Crippen LogP contribution in [0.5, 0.6) is 17.5 Å². The summed E-state index contributed by atoms with van der Waals surface area (Å²) >= 11 is 3.42. The van der Waals surface area contributed by atoms with Crippen LogP contribution in [0.3, 0.4) is 0 Å². The molecule has 5 heteroatoms. The molecule has 0 aliphatic carbocycles. The van der Waals surface area contributed by atoms with E-state index in [4.69, 9.17) is 15.2 Å². The van der Waals surface area contributed by atoms with E-state index in [1.807, 2.05) is 39.0 Å². The molecule has 0 atom stereocenters. The van der Waals surface area contributed by atoms with Gasteiger partial charge < -0.3 is 15.2 Å². The molecule has 0 fully saturated rings. The molecular weight excluding hydrogens is 320 g/mol. The number of nitrogen functional groups attached to an aromatic ring is 1. The Bertz CT molecular complexity index is 615. The number of nitrogens with zero attached hydrogens (tertiary/aromatic N) is 1. The zero-order chi connectivity index (χ0) is 14.7. The number of aromatic nitrogens is 1. The molecule has 0 bridgehead atoms. The summed E-state index contributed by atoms with van der Waals surface area (Å²) < 4.78 is 12.3. The molecule has 0 saturated heterocycles. The van der Waals surface area contributed by atoms with Gasteiger partial charge in [-0.05, 0) is 44.5 Å². The van der Waals surface area contributed by atoms with Crippen molar-refractivity contribution < 1.29 is 9.47 Å². The van der Waals surface area contributed by atoms with Gasteiger partial charge in [-0.1, -0.05) is 22.0 Å². The van der Waals surface area contributed by atoms with Gasteiger partial charge in [0.15, 0.2) is 0 Å². The van der Waals surface area contributed by atoms with Crippen LogP contribution in [-0.4, -0.2) is 11.1 Å². The summed E-state index contributed by atoms with van der Waals surface area (Å²) in [5.74, 6) is 1.59. The SMILES string of the molecule is Cc1ccc(Br)cc1Oc1ccc(N)c(OC(C)C)n1. The van der Waals surface area contributed by atoms with E-state index < -0.39 is 0 Å². The summed E-state index contributed by atoms with van der Waals surface area (Å²) in [6, 6.07) is 9.29. The van der Waals surface area contributed by atoms with Gasteiger partial charge in [-0.25, -0.2) is 0 Å². The average Bonchev–Trinajstić information content (AvgIpc) is 2.37.